The lowest BCUT2D eigenvalue weighted by Gasteiger charge is -2.23. The fourth-order valence-corrected chi connectivity index (χ4v) is 1.57. The number of hydrogen-bond donors (Lipinski definition) is 2. The number of hydrogen-bond acceptors (Lipinski definition) is 6. The number of ether oxygens (including phenoxy) is 2. The van der Waals surface area contributed by atoms with Crippen molar-refractivity contribution in [1.82, 2.24) is 20.2 Å². The summed E-state index contributed by atoms with van der Waals surface area (Å²) in [4.78, 5) is 4.17. The molecule has 1 rings (SSSR count). The van der Waals surface area contributed by atoms with Crippen molar-refractivity contribution < 1.29 is 9.47 Å². The van der Waals surface area contributed by atoms with E-state index in [0.717, 1.165) is 12.4 Å². The molecular formula is C9H19N5O2. The summed E-state index contributed by atoms with van der Waals surface area (Å²) in [5.41, 5.74) is 2.66. The molecule has 0 aliphatic heterocycles. The summed E-state index contributed by atoms with van der Waals surface area (Å²) in [6.07, 6.45) is 1.71. The molecule has 1 aromatic heterocycles. The smallest absolute Gasteiger partial charge is 0.173 e. The first-order chi connectivity index (χ1) is 7.76. The summed E-state index contributed by atoms with van der Waals surface area (Å²) in [5.74, 6) is 6.32. The second-order valence-corrected chi connectivity index (χ2v) is 3.31. The molecule has 0 spiro atoms. The number of nitrogens with zero attached hydrogens (tertiary/aromatic N) is 3. The third-order valence-corrected chi connectivity index (χ3v) is 2.40. The summed E-state index contributed by atoms with van der Waals surface area (Å²) in [6.45, 7) is 2.78. The molecule has 0 saturated heterocycles. The van der Waals surface area contributed by atoms with Crippen molar-refractivity contribution in [2.24, 2.45) is 5.84 Å². The van der Waals surface area contributed by atoms with E-state index in [1.165, 1.54) is 6.33 Å². The van der Waals surface area contributed by atoms with Crippen molar-refractivity contribution in [3.05, 3.63) is 12.2 Å². The lowest BCUT2D eigenvalue weighted by molar-refractivity contribution is -0.123. The SMILES string of the molecule is CCn1ncnc1CC(NN)C(OC)OC. The van der Waals surface area contributed by atoms with Gasteiger partial charge in [0, 0.05) is 27.2 Å². The van der Waals surface area contributed by atoms with Gasteiger partial charge < -0.3 is 9.47 Å². The third kappa shape index (κ3) is 2.99. The molecule has 16 heavy (non-hydrogen) atoms. The molecule has 7 heteroatoms. The standard InChI is InChI=1S/C9H19N5O2/c1-4-14-8(11-6-12-14)5-7(13-10)9(15-2)16-3/h6-7,9,13H,4-5,10H2,1-3H3. The molecular weight excluding hydrogens is 210 g/mol. The summed E-state index contributed by atoms with van der Waals surface area (Å²) in [5, 5.41) is 4.09. The molecule has 0 saturated carbocycles. The Kier molecular flexibility index (Phi) is 5.33. The monoisotopic (exact) mass is 229 g/mol. The van der Waals surface area contributed by atoms with Gasteiger partial charge in [-0.15, -0.1) is 0 Å². The molecule has 7 nitrogen and oxygen atoms in total. The number of nitrogens with two attached hydrogens (primary N) is 1. The van der Waals surface area contributed by atoms with Gasteiger partial charge in [-0.05, 0) is 6.92 Å². The van der Waals surface area contributed by atoms with E-state index in [4.69, 9.17) is 15.3 Å². The van der Waals surface area contributed by atoms with Crippen LogP contribution in [0.15, 0.2) is 6.33 Å². The second kappa shape index (κ2) is 6.54. The Hall–Kier alpha value is -1.02. The maximum atomic E-state index is 5.47. The molecule has 0 aromatic carbocycles. The van der Waals surface area contributed by atoms with Gasteiger partial charge >= 0.3 is 0 Å². The van der Waals surface area contributed by atoms with Crippen molar-refractivity contribution >= 4 is 0 Å². The minimum Gasteiger partial charge on any atom is -0.354 e. The zero-order chi connectivity index (χ0) is 12.0. The van der Waals surface area contributed by atoms with Crippen LogP contribution in [0.25, 0.3) is 0 Å². The molecule has 0 bridgehead atoms. The van der Waals surface area contributed by atoms with E-state index in [-0.39, 0.29) is 6.04 Å². The highest BCUT2D eigenvalue weighted by atomic mass is 16.7. The summed E-state index contributed by atoms with van der Waals surface area (Å²) >= 11 is 0. The van der Waals surface area contributed by atoms with Crippen LogP contribution in [0, 0.1) is 0 Å². The van der Waals surface area contributed by atoms with Crippen LogP contribution in [-0.4, -0.2) is 41.3 Å². The normalized spacial score (nSPS) is 13.3. The van der Waals surface area contributed by atoms with Crippen LogP contribution in [0.2, 0.25) is 0 Å². The van der Waals surface area contributed by atoms with Gasteiger partial charge in [-0.1, -0.05) is 0 Å². The number of aryl methyl sites for hydroxylation is 1. The summed E-state index contributed by atoms with van der Waals surface area (Å²) < 4.78 is 12.1. The van der Waals surface area contributed by atoms with Gasteiger partial charge in [-0.3, -0.25) is 16.0 Å². The van der Waals surface area contributed by atoms with Gasteiger partial charge in [0.15, 0.2) is 6.29 Å². The van der Waals surface area contributed by atoms with Crippen molar-refractivity contribution in [3.63, 3.8) is 0 Å². The zero-order valence-electron chi connectivity index (χ0n) is 9.88. The highest BCUT2D eigenvalue weighted by molar-refractivity contribution is 4.90. The Morgan fingerprint density at radius 2 is 2.19 bits per heavy atom. The van der Waals surface area contributed by atoms with Crippen LogP contribution in [0.1, 0.15) is 12.7 Å². The molecule has 1 heterocycles. The molecule has 1 atom stereocenters. The fourth-order valence-electron chi connectivity index (χ4n) is 1.57. The lowest BCUT2D eigenvalue weighted by atomic mass is 10.2. The van der Waals surface area contributed by atoms with Crippen LogP contribution in [0.3, 0.4) is 0 Å². The third-order valence-electron chi connectivity index (χ3n) is 2.40. The Morgan fingerprint density at radius 3 is 2.69 bits per heavy atom. The van der Waals surface area contributed by atoms with E-state index < -0.39 is 6.29 Å². The molecule has 0 amide bonds. The lowest BCUT2D eigenvalue weighted by Crippen LogP contribution is -2.47. The van der Waals surface area contributed by atoms with Crippen LogP contribution in [0.5, 0.6) is 0 Å². The highest BCUT2D eigenvalue weighted by Gasteiger charge is 2.22. The number of aromatic nitrogens is 3. The Labute approximate surface area is 94.9 Å². The van der Waals surface area contributed by atoms with Crippen LogP contribution < -0.4 is 11.3 Å². The van der Waals surface area contributed by atoms with Crippen molar-refractivity contribution in [2.45, 2.75) is 32.2 Å². The first kappa shape index (κ1) is 13.0. The molecule has 1 unspecified atom stereocenters. The van der Waals surface area contributed by atoms with E-state index in [0.29, 0.717) is 6.42 Å². The van der Waals surface area contributed by atoms with E-state index in [9.17, 15) is 0 Å². The maximum Gasteiger partial charge on any atom is 0.173 e. The number of rotatable bonds is 7. The predicted octanol–water partition coefficient (Wildman–Crippen LogP) is -0.709. The van der Waals surface area contributed by atoms with Crippen molar-refractivity contribution in [1.29, 1.82) is 0 Å². The van der Waals surface area contributed by atoms with E-state index in [1.54, 1.807) is 14.2 Å². The number of nitrogens with one attached hydrogen (secondary N) is 1. The average molecular weight is 229 g/mol. The molecule has 0 fully saturated rings. The minimum atomic E-state index is -0.410. The van der Waals surface area contributed by atoms with Crippen molar-refractivity contribution in [2.75, 3.05) is 14.2 Å². The molecule has 3 N–H and O–H groups in total. The second-order valence-electron chi connectivity index (χ2n) is 3.31. The minimum absolute atomic E-state index is 0.163. The number of methoxy groups -OCH3 is 2. The van der Waals surface area contributed by atoms with Crippen molar-refractivity contribution in [3.8, 4) is 0 Å². The zero-order valence-corrected chi connectivity index (χ0v) is 9.88. The largest absolute Gasteiger partial charge is 0.354 e. The molecule has 0 aliphatic rings. The molecule has 92 valence electrons. The molecule has 0 aliphatic carbocycles. The predicted molar refractivity (Wildman–Crippen MR) is 58.3 cm³/mol. The van der Waals surface area contributed by atoms with E-state index >= 15 is 0 Å². The highest BCUT2D eigenvalue weighted by Crippen LogP contribution is 2.06. The Balaban J connectivity index is 2.69. The Bertz CT molecular complexity index is 300. The van der Waals surface area contributed by atoms with Gasteiger partial charge in [0.2, 0.25) is 0 Å². The first-order valence-corrected chi connectivity index (χ1v) is 5.15. The van der Waals surface area contributed by atoms with Crippen LogP contribution in [-0.2, 0) is 22.4 Å². The maximum absolute atomic E-state index is 5.47. The van der Waals surface area contributed by atoms with E-state index in [2.05, 4.69) is 15.5 Å². The summed E-state index contributed by atoms with van der Waals surface area (Å²) in [7, 11) is 3.14. The van der Waals surface area contributed by atoms with Gasteiger partial charge in [0.25, 0.3) is 0 Å². The van der Waals surface area contributed by atoms with Crippen LogP contribution >= 0.6 is 0 Å². The first-order valence-electron chi connectivity index (χ1n) is 5.15. The average Bonchev–Trinajstić information content (AvgIpc) is 2.76. The topological polar surface area (TPSA) is 87.2 Å². The van der Waals surface area contributed by atoms with E-state index in [1.807, 2.05) is 11.6 Å². The molecule has 0 radical (unpaired) electrons. The quantitative estimate of drug-likeness (QED) is 0.365. The fraction of sp³-hybridized carbons (Fsp3) is 0.778. The van der Waals surface area contributed by atoms with Crippen LogP contribution in [0.4, 0.5) is 0 Å². The van der Waals surface area contributed by atoms with Gasteiger partial charge in [0.1, 0.15) is 12.2 Å². The Morgan fingerprint density at radius 1 is 1.50 bits per heavy atom. The van der Waals surface area contributed by atoms with Gasteiger partial charge in [-0.2, -0.15) is 5.10 Å². The van der Waals surface area contributed by atoms with Gasteiger partial charge in [0.05, 0.1) is 6.04 Å². The van der Waals surface area contributed by atoms with Gasteiger partial charge in [-0.25, -0.2) is 4.98 Å². The summed E-state index contributed by atoms with van der Waals surface area (Å²) in [6, 6.07) is -0.163. The number of hydrazine groups is 1. The molecule has 1 aromatic rings.